The molecular weight excluding hydrogens is 370 g/mol. The molecule has 0 bridgehead atoms. The molecule has 0 aromatic heterocycles. The summed E-state index contributed by atoms with van der Waals surface area (Å²) in [5.74, 6) is -0.751. The lowest BCUT2D eigenvalue weighted by Gasteiger charge is -2.13. The van der Waals surface area contributed by atoms with Gasteiger partial charge in [-0.2, -0.15) is 13.2 Å². The molecule has 1 N–H and O–H groups in total. The Hall–Kier alpha value is -2.63. The summed E-state index contributed by atoms with van der Waals surface area (Å²) >= 11 is 0. The number of unbranched alkanes of at least 4 members (excludes halogenated alkanes) is 1. The van der Waals surface area contributed by atoms with Crippen molar-refractivity contribution in [1.29, 1.82) is 0 Å². The minimum Gasteiger partial charge on any atom is -0.352 e. The Morgan fingerprint density at radius 1 is 1.14 bits per heavy atom. The molecule has 0 saturated heterocycles. The summed E-state index contributed by atoms with van der Waals surface area (Å²) in [6, 6.07) is 7.19. The van der Waals surface area contributed by atoms with Crippen LogP contribution in [0.2, 0.25) is 0 Å². The lowest BCUT2D eigenvalue weighted by molar-refractivity contribution is -0.137. The SMILES string of the molecule is CCCCNC(=O)/C(C)=C/c1cc(F)cc(-c2ccc(C(F)(F)F)cc2)c1C. The fourth-order valence-corrected chi connectivity index (χ4v) is 2.81. The second-order valence-corrected chi connectivity index (χ2v) is 6.68. The van der Waals surface area contributed by atoms with Crippen molar-refractivity contribution in [3.63, 3.8) is 0 Å². The van der Waals surface area contributed by atoms with Gasteiger partial charge in [-0.15, -0.1) is 0 Å². The van der Waals surface area contributed by atoms with Crippen LogP contribution in [0.3, 0.4) is 0 Å². The molecule has 0 unspecified atom stereocenters. The molecule has 0 aliphatic heterocycles. The molecule has 0 saturated carbocycles. The number of alkyl halides is 3. The maximum atomic E-state index is 14.2. The molecule has 1 amide bonds. The number of halogens is 4. The largest absolute Gasteiger partial charge is 0.416 e. The fraction of sp³-hybridized carbons (Fsp3) is 0.318. The van der Waals surface area contributed by atoms with Gasteiger partial charge < -0.3 is 5.32 Å². The van der Waals surface area contributed by atoms with E-state index in [0.717, 1.165) is 25.0 Å². The van der Waals surface area contributed by atoms with Crippen molar-refractivity contribution in [2.24, 2.45) is 0 Å². The Morgan fingerprint density at radius 2 is 1.79 bits per heavy atom. The molecule has 0 spiro atoms. The topological polar surface area (TPSA) is 29.1 Å². The van der Waals surface area contributed by atoms with E-state index < -0.39 is 17.6 Å². The quantitative estimate of drug-likeness (QED) is 0.357. The van der Waals surface area contributed by atoms with Gasteiger partial charge in [0.2, 0.25) is 5.91 Å². The van der Waals surface area contributed by atoms with E-state index in [0.29, 0.717) is 34.4 Å². The summed E-state index contributed by atoms with van der Waals surface area (Å²) in [5.41, 5.74) is 1.83. The maximum absolute atomic E-state index is 14.2. The Bertz CT molecular complexity index is 867. The van der Waals surface area contributed by atoms with Gasteiger partial charge in [0, 0.05) is 12.1 Å². The third-order valence-corrected chi connectivity index (χ3v) is 4.48. The molecule has 2 aromatic carbocycles. The fourth-order valence-electron chi connectivity index (χ4n) is 2.81. The van der Waals surface area contributed by atoms with E-state index >= 15 is 0 Å². The first-order chi connectivity index (χ1) is 13.1. The standard InChI is InChI=1S/C22H23F4NO/c1-4-5-10-27-21(28)14(2)11-17-12-19(23)13-20(15(17)3)16-6-8-18(9-7-16)22(24,25)26/h6-9,11-13H,4-5,10H2,1-3H3,(H,27,28)/b14-11+. The Labute approximate surface area is 162 Å². The normalized spacial score (nSPS) is 12.2. The van der Waals surface area contributed by atoms with Gasteiger partial charge in [0.1, 0.15) is 5.82 Å². The van der Waals surface area contributed by atoms with Crippen LogP contribution in [0.15, 0.2) is 42.0 Å². The van der Waals surface area contributed by atoms with Crippen LogP contribution >= 0.6 is 0 Å². The summed E-state index contributed by atoms with van der Waals surface area (Å²) in [6.07, 6.45) is -1.00. The predicted octanol–water partition coefficient (Wildman–Crippen LogP) is 6.14. The average Bonchev–Trinajstić information content (AvgIpc) is 2.63. The van der Waals surface area contributed by atoms with Gasteiger partial charge in [-0.05, 0) is 72.9 Å². The highest BCUT2D eigenvalue weighted by Gasteiger charge is 2.30. The molecule has 150 valence electrons. The molecule has 2 aromatic rings. The zero-order valence-electron chi connectivity index (χ0n) is 16.1. The number of carbonyl (C=O) groups is 1. The molecular formula is C22H23F4NO. The number of rotatable bonds is 6. The molecule has 0 aliphatic rings. The van der Waals surface area contributed by atoms with Gasteiger partial charge in [0.15, 0.2) is 0 Å². The zero-order valence-corrected chi connectivity index (χ0v) is 16.1. The molecule has 2 rings (SSSR count). The number of amides is 1. The number of hydrogen-bond acceptors (Lipinski definition) is 1. The molecule has 0 heterocycles. The van der Waals surface area contributed by atoms with Gasteiger partial charge in [0.25, 0.3) is 0 Å². The summed E-state index contributed by atoms with van der Waals surface area (Å²) in [5, 5.41) is 2.80. The van der Waals surface area contributed by atoms with Gasteiger partial charge >= 0.3 is 6.18 Å². The average molecular weight is 393 g/mol. The Morgan fingerprint density at radius 3 is 2.36 bits per heavy atom. The van der Waals surface area contributed by atoms with Crippen LogP contribution < -0.4 is 5.32 Å². The predicted molar refractivity (Wildman–Crippen MR) is 103 cm³/mol. The van der Waals surface area contributed by atoms with Gasteiger partial charge in [0.05, 0.1) is 5.56 Å². The van der Waals surface area contributed by atoms with E-state index in [4.69, 9.17) is 0 Å². The Kier molecular flexibility index (Phi) is 7.00. The number of carbonyl (C=O) groups excluding carboxylic acids is 1. The van der Waals surface area contributed by atoms with Crippen LogP contribution in [0, 0.1) is 12.7 Å². The second kappa shape index (κ2) is 9.04. The molecule has 0 fully saturated rings. The third kappa shape index (κ3) is 5.44. The van der Waals surface area contributed by atoms with Crippen LogP contribution in [0.1, 0.15) is 43.4 Å². The van der Waals surface area contributed by atoms with Crippen LogP contribution in [0.5, 0.6) is 0 Å². The molecule has 2 nitrogen and oxygen atoms in total. The monoisotopic (exact) mass is 393 g/mol. The van der Waals surface area contributed by atoms with Crippen molar-refractivity contribution in [3.05, 3.63) is 64.5 Å². The van der Waals surface area contributed by atoms with Crippen LogP contribution in [-0.4, -0.2) is 12.5 Å². The van der Waals surface area contributed by atoms with Crippen LogP contribution in [0.25, 0.3) is 17.2 Å². The second-order valence-electron chi connectivity index (χ2n) is 6.68. The summed E-state index contributed by atoms with van der Waals surface area (Å²) < 4.78 is 52.4. The Balaban J connectivity index is 2.36. The lowest BCUT2D eigenvalue weighted by atomic mass is 9.94. The van der Waals surface area contributed by atoms with Crippen molar-refractivity contribution < 1.29 is 22.4 Å². The van der Waals surface area contributed by atoms with Crippen molar-refractivity contribution >= 4 is 12.0 Å². The summed E-state index contributed by atoms with van der Waals surface area (Å²) in [4.78, 5) is 12.1. The van der Waals surface area contributed by atoms with Crippen molar-refractivity contribution in [3.8, 4) is 11.1 Å². The summed E-state index contributed by atoms with van der Waals surface area (Å²) in [7, 11) is 0. The smallest absolute Gasteiger partial charge is 0.352 e. The van der Waals surface area contributed by atoms with E-state index in [1.54, 1.807) is 19.9 Å². The lowest BCUT2D eigenvalue weighted by Crippen LogP contribution is -2.24. The van der Waals surface area contributed by atoms with Gasteiger partial charge in [-0.25, -0.2) is 4.39 Å². The van der Waals surface area contributed by atoms with Crippen molar-refractivity contribution in [2.75, 3.05) is 6.54 Å². The first kappa shape index (κ1) is 21.7. The zero-order chi connectivity index (χ0) is 20.9. The molecule has 6 heteroatoms. The first-order valence-corrected chi connectivity index (χ1v) is 9.07. The third-order valence-electron chi connectivity index (χ3n) is 4.48. The highest BCUT2D eigenvalue weighted by Crippen LogP contribution is 2.33. The van der Waals surface area contributed by atoms with Crippen molar-refractivity contribution in [2.45, 2.75) is 39.8 Å². The molecule has 28 heavy (non-hydrogen) atoms. The van der Waals surface area contributed by atoms with Gasteiger partial charge in [-0.1, -0.05) is 25.5 Å². The minimum absolute atomic E-state index is 0.229. The van der Waals surface area contributed by atoms with E-state index in [-0.39, 0.29) is 5.91 Å². The van der Waals surface area contributed by atoms with E-state index in [1.807, 2.05) is 6.92 Å². The molecule has 0 radical (unpaired) electrons. The molecule has 0 aliphatic carbocycles. The minimum atomic E-state index is -4.42. The van der Waals surface area contributed by atoms with E-state index in [2.05, 4.69) is 5.32 Å². The highest BCUT2D eigenvalue weighted by molar-refractivity contribution is 5.97. The van der Waals surface area contributed by atoms with Crippen molar-refractivity contribution in [1.82, 2.24) is 5.32 Å². The van der Waals surface area contributed by atoms with E-state index in [1.165, 1.54) is 24.3 Å². The van der Waals surface area contributed by atoms with E-state index in [9.17, 15) is 22.4 Å². The maximum Gasteiger partial charge on any atom is 0.416 e. The number of benzene rings is 2. The molecule has 0 atom stereocenters. The highest BCUT2D eigenvalue weighted by atomic mass is 19.4. The first-order valence-electron chi connectivity index (χ1n) is 9.07. The van der Waals surface area contributed by atoms with Gasteiger partial charge in [-0.3, -0.25) is 4.79 Å². The van der Waals surface area contributed by atoms with Crippen LogP contribution in [-0.2, 0) is 11.0 Å². The number of nitrogens with one attached hydrogen (secondary N) is 1. The summed E-state index contributed by atoms with van der Waals surface area (Å²) in [6.45, 7) is 5.98. The number of hydrogen-bond donors (Lipinski definition) is 1. The van der Waals surface area contributed by atoms with Crippen LogP contribution in [0.4, 0.5) is 17.6 Å².